The highest BCUT2D eigenvalue weighted by atomic mass is 79.9. The average Bonchev–Trinajstić information content (AvgIpc) is 2.88. The maximum Gasteiger partial charge on any atom is 0.270 e. The molecule has 5 nitrogen and oxygen atoms in total. The second kappa shape index (κ2) is 4.75. The molecule has 1 amide bonds. The molecule has 0 spiro atoms. The maximum absolute atomic E-state index is 12.0. The van der Waals surface area contributed by atoms with Crippen molar-refractivity contribution in [1.29, 1.82) is 0 Å². The predicted octanol–water partition coefficient (Wildman–Crippen LogP) is 1.78. The van der Waals surface area contributed by atoms with Crippen LogP contribution in [0.2, 0.25) is 0 Å². The van der Waals surface area contributed by atoms with Crippen LogP contribution < -0.4 is 0 Å². The predicted molar refractivity (Wildman–Crippen MR) is 67.5 cm³/mol. The molecule has 2 aromatic rings. The Bertz CT molecular complexity index is 531. The Morgan fingerprint density at radius 1 is 1.65 bits per heavy atom. The normalized spacial score (nSPS) is 10.5. The van der Waals surface area contributed by atoms with Gasteiger partial charge in [0, 0.05) is 37.2 Å². The Hall–Kier alpha value is -1.56. The highest BCUT2D eigenvalue weighted by Gasteiger charge is 2.15. The fraction of sp³-hybridized carbons (Fsp3) is 0.273. The van der Waals surface area contributed by atoms with Gasteiger partial charge < -0.3 is 14.5 Å². The summed E-state index contributed by atoms with van der Waals surface area (Å²) >= 11 is 3.30. The van der Waals surface area contributed by atoms with E-state index >= 15 is 0 Å². The molecule has 0 aliphatic carbocycles. The number of H-pyrrole nitrogens is 1. The van der Waals surface area contributed by atoms with Crippen molar-refractivity contribution < 1.29 is 4.79 Å². The van der Waals surface area contributed by atoms with Gasteiger partial charge in [0.2, 0.25) is 0 Å². The van der Waals surface area contributed by atoms with Gasteiger partial charge >= 0.3 is 0 Å². The van der Waals surface area contributed by atoms with Crippen molar-refractivity contribution >= 4 is 21.8 Å². The second-order valence-electron chi connectivity index (χ2n) is 3.85. The van der Waals surface area contributed by atoms with E-state index in [1.165, 1.54) is 0 Å². The van der Waals surface area contributed by atoms with Gasteiger partial charge in [-0.1, -0.05) is 0 Å². The van der Waals surface area contributed by atoms with Gasteiger partial charge in [0.25, 0.3) is 5.91 Å². The van der Waals surface area contributed by atoms with Crippen molar-refractivity contribution in [2.24, 2.45) is 7.05 Å². The highest BCUT2D eigenvalue weighted by Crippen LogP contribution is 2.12. The van der Waals surface area contributed by atoms with Gasteiger partial charge in [-0.15, -0.1) is 0 Å². The minimum absolute atomic E-state index is 0.0568. The number of nitrogens with one attached hydrogen (secondary N) is 1. The number of hydrogen-bond donors (Lipinski definition) is 1. The largest absolute Gasteiger partial charge is 0.356 e. The van der Waals surface area contributed by atoms with Crippen LogP contribution >= 0.6 is 15.9 Å². The minimum Gasteiger partial charge on any atom is -0.356 e. The lowest BCUT2D eigenvalue weighted by Gasteiger charge is -2.15. The molecule has 0 atom stereocenters. The zero-order valence-corrected chi connectivity index (χ0v) is 11.2. The molecule has 2 rings (SSSR count). The molecule has 90 valence electrons. The van der Waals surface area contributed by atoms with Gasteiger partial charge in [0.1, 0.15) is 11.5 Å². The van der Waals surface area contributed by atoms with E-state index < -0.39 is 0 Å². The number of imidazole rings is 1. The molecule has 0 unspecified atom stereocenters. The molecular formula is C11H13BrN4O. The SMILES string of the molecule is CN(Cc1nccn1C)C(=O)c1cc(Br)c[nH]1. The van der Waals surface area contributed by atoms with E-state index in [-0.39, 0.29) is 5.91 Å². The molecule has 0 fully saturated rings. The standard InChI is InChI=1S/C11H13BrN4O/c1-15-4-3-13-10(15)7-16(2)11(17)9-5-8(12)6-14-9/h3-6,14H,7H2,1-2H3. The number of aryl methyl sites for hydroxylation is 1. The third kappa shape index (κ3) is 2.58. The first-order valence-corrected chi connectivity index (χ1v) is 5.93. The average molecular weight is 297 g/mol. The van der Waals surface area contributed by atoms with Gasteiger partial charge in [-0.25, -0.2) is 4.98 Å². The fourth-order valence-electron chi connectivity index (χ4n) is 1.53. The highest BCUT2D eigenvalue weighted by molar-refractivity contribution is 9.10. The summed E-state index contributed by atoms with van der Waals surface area (Å²) in [7, 11) is 3.66. The Morgan fingerprint density at radius 2 is 2.41 bits per heavy atom. The van der Waals surface area contributed by atoms with E-state index in [1.807, 2.05) is 17.8 Å². The number of amides is 1. The first-order chi connectivity index (χ1) is 8.08. The lowest BCUT2D eigenvalue weighted by molar-refractivity contribution is 0.0775. The van der Waals surface area contributed by atoms with Gasteiger partial charge in [0.05, 0.1) is 6.54 Å². The summed E-state index contributed by atoms with van der Waals surface area (Å²) in [6.45, 7) is 0.485. The molecule has 0 aromatic carbocycles. The van der Waals surface area contributed by atoms with Gasteiger partial charge in [0.15, 0.2) is 0 Å². The minimum atomic E-state index is -0.0568. The molecule has 0 aliphatic rings. The van der Waals surface area contributed by atoms with Crippen LogP contribution in [0.3, 0.4) is 0 Å². The third-order valence-electron chi connectivity index (χ3n) is 2.52. The van der Waals surface area contributed by atoms with Crippen LogP contribution in [0.4, 0.5) is 0 Å². The molecule has 6 heteroatoms. The molecule has 0 radical (unpaired) electrons. The van der Waals surface area contributed by atoms with Crippen molar-refractivity contribution in [3.05, 3.63) is 40.6 Å². The summed E-state index contributed by atoms with van der Waals surface area (Å²) < 4.78 is 2.76. The van der Waals surface area contributed by atoms with Crippen molar-refractivity contribution in [2.45, 2.75) is 6.54 Å². The van der Waals surface area contributed by atoms with Crippen LogP contribution in [-0.4, -0.2) is 32.4 Å². The van der Waals surface area contributed by atoms with E-state index in [0.717, 1.165) is 10.3 Å². The number of carbonyl (C=O) groups is 1. The number of carbonyl (C=O) groups excluding carboxylic acids is 1. The zero-order valence-electron chi connectivity index (χ0n) is 9.64. The van der Waals surface area contributed by atoms with Gasteiger partial charge in [-0.2, -0.15) is 0 Å². The topological polar surface area (TPSA) is 53.9 Å². The smallest absolute Gasteiger partial charge is 0.270 e. The number of aromatic nitrogens is 3. The molecule has 0 aliphatic heterocycles. The summed E-state index contributed by atoms with van der Waals surface area (Å²) in [5, 5.41) is 0. The van der Waals surface area contributed by atoms with Crippen LogP contribution in [-0.2, 0) is 13.6 Å². The quantitative estimate of drug-likeness (QED) is 0.939. The lowest BCUT2D eigenvalue weighted by atomic mass is 10.3. The fourth-order valence-corrected chi connectivity index (χ4v) is 1.87. The Labute approximate surface area is 108 Å². The summed E-state index contributed by atoms with van der Waals surface area (Å²) in [5.74, 6) is 0.796. The number of nitrogens with zero attached hydrogens (tertiary/aromatic N) is 3. The first-order valence-electron chi connectivity index (χ1n) is 5.13. The molecule has 1 N–H and O–H groups in total. The molecule has 0 saturated carbocycles. The first kappa shape index (κ1) is 11.9. The monoisotopic (exact) mass is 296 g/mol. The van der Waals surface area contributed by atoms with Crippen LogP contribution in [0.1, 0.15) is 16.3 Å². The van der Waals surface area contributed by atoms with E-state index in [0.29, 0.717) is 12.2 Å². The Kier molecular flexibility index (Phi) is 3.33. The summed E-state index contributed by atoms with van der Waals surface area (Å²) in [6.07, 6.45) is 5.32. The summed E-state index contributed by atoms with van der Waals surface area (Å²) in [4.78, 5) is 20.8. The third-order valence-corrected chi connectivity index (χ3v) is 2.98. The molecule has 2 aromatic heterocycles. The van der Waals surface area contributed by atoms with Crippen LogP contribution in [0.5, 0.6) is 0 Å². The molecule has 0 saturated heterocycles. The van der Waals surface area contributed by atoms with Crippen molar-refractivity contribution in [1.82, 2.24) is 19.4 Å². The Morgan fingerprint density at radius 3 is 2.94 bits per heavy atom. The van der Waals surface area contributed by atoms with Crippen molar-refractivity contribution in [3.8, 4) is 0 Å². The summed E-state index contributed by atoms with van der Waals surface area (Å²) in [6, 6.07) is 1.76. The van der Waals surface area contributed by atoms with Crippen LogP contribution in [0, 0.1) is 0 Å². The van der Waals surface area contributed by atoms with Gasteiger partial charge in [-0.05, 0) is 22.0 Å². The molecule has 2 heterocycles. The lowest BCUT2D eigenvalue weighted by Crippen LogP contribution is -2.27. The van der Waals surface area contributed by atoms with Crippen molar-refractivity contribution in [2.75, 3.05) is 7.05 Å². The van der Waals surface area contributed by atoms with Crippen molar-refractivity contribution in [3.63, 3.8) is 0 Å². The summed E-state index contributed by atoms with van der Waals surface area (Å²) in [5.41, 5.74) is 0.564. The second-order valence-corrected chi connectivity index (χ2v) is 4.76. The van der Waals surface area contributed by atoms with Crippen LogP contribution in [0.25, 0.3) is 0 Å². The Balaban J connectivity index is 2.08. The maximum atomic E-state index is 12.0. The zero-order chi connectivity index (χ0) is 12.4. The number of hydrogen-bond acceptors (Lipinski definition) is 2. The van der Waals surface area contributed by atoms with E-state index in [9.17, 15) is 4.79 Å². The van der Waals surface area contributed by atoms with E-state index in [2.05, 4.69) is 25.9 Å². The van der Waals surface area contributed by atoms with Gasteiger partial charge in [-0.3, -0.25) is 4.79 Å². The number of rotatable bonds is 3. The number of aromatic amines is 1. The van der Waals surface area contributed by atoms with Crippen LogP contribution in [0.15, 0.2) is 29.1 Å². The molecular weight excluding hydrogens is 284 g/mol. The molecule has 17 heavy (non-hydrogen) atoms. The van der Waals surface area contributed by atoms with E-state index in [4.69, 9.17) is 0 Å². The van der Waals surface area contributed by atoms with E-state index in [1.54, 1.807) is 30.4 Å². The molecule has 0 bridgehead atoms. The number of halogens is 1.